The predicted molar refractivity (Wildman–Crippen MR) is 77.3 cm³/mol. The first-order valence-electron chi connectivity index (χ1n) is 5.93. The minimum atomic E-state index is -0.981. The fourth-order valence-corrected chi connectivity index (χ4v) is 2.20. The SMILES string of the molecule is CCOc1cc(/C=C\c2ncc(C(=O)O)s2)ccc1O. The van der Waals surface area contributed by atoms with E-state index in [0.717, 1.165) is 16.9 Å². The van der Waals surface area contributed by atoms with Crippen LogP contribution in [0.15, 0.2) is 24.4 Å². The second-order valence-electron chi connectivity index (χ2n) is 3.86. The Morgan fingerprint density at radius 3 is 2.90 bits per heavy atom. The van der Waals surface area contributed by atoms with Crippen LogP contribution in [0.25, 0.3) is 12.2 Å². The van der Waals surface area contributed by atoms with Crippen LogP contribution in [0.5, 0.6) is 11.5 Å². The second-order valence-corrected chi connectivity index (χ2v) is 4.92. The molecule has 5 nitrogen and oxygen atoms in total. The Hall–Kier alpha value is -2.34. The van der Waals surface area contributed by atoms with Crippen molar-refractivity contribution >= 4 is 29.5 Å². The van der Waals surface area contributed by atoms with Gasteiger partial charge in [0.2, 0.25) is 0 Å². The lowest BCUT2D eigenvalue weighted by atomic mass is 10.2. The molecule has 6 heteroatoms. The maximum absolute atomic E-state index is 10.7. The average molecular weight is 291 g/mol. The van der Waals surface area contributed by atoms with Gasteiger partial charge in [-0.2, -0.15) is 0 Å². The quantitative estimate of drug-likeness (QED) is 0.884. The van der Waals surface area contributed by atoms with Crippen molar-refractivity contribution < 1.29 is 19.7 Å². The number of carboxylic acids is 1. The molecule has 0 saturated heterocycles. The van der Waals surface area contributed by atoms with E-state index in [-0.39, 0.29) is 10.6 Å². The number of hydrogen-bond donors (Lipinski definition) is 2. The number of aromatic carboxylic acids is 1. The standard InChI is InChI=1S/C14H13NO4S/c1-2-19-11-7-9(3-5-10(11)16)4-6-13-15-8-12(20-13)14(17)18/h3-8,16H,2H2,1H3,(H,17,18)/b6-4-. The first-order chi connectivity index (χ1) is 9.60. The summed E-state index contributed by atoms with van der Waals surface area (Å²) in [5, 5.41) is 19.0. The van der Waals surface area contributed by atoms with Gasteiger partial charge in [-0.05, 0) is 30.7 Å². The first-order valence-corrected chi connectivity index (χ1v) is 6.75. The fourth-order valence-electron chi connectivity index (χ4n) is 1.54. The monoisotopic (exact) mass is 291 g/mol. The van der Waals surface area contributed by atoms with Crippen LogP contribution < -0.4 is 4.74 Å². The normalized spacial score (nSPS) is 10.8. The Morgan fingerprint density at radius 1 is 1.45 bits per heavy atom. The van der Waals surface area contributed by atoms with Crippen molar-refractivity contribution in [3.63, 3.8) is 0 Å². The van der Waals surface area contributed by atoms with Gasteiger partial charge in [-0.1, -0.05) is 12.1 Å². The van der Waals surface area contributed by atoms with Gasteiger partial charge in [-0.25, -0.2) is 9.78 Å². The van der Waals surface area contributed by atoms with E-state index in [2.05, 4.69) is 4.98 Å². The molecule has 0 amide bonds. The molecule has 0 radical (unpaired) electrons. The molecule has 0 saturated carbocycles. The van der Waals surface area contributed by atoms with E-state index in [1.54, 1.807) is 30.4 Å². The van der Waals surface area contributed by atoms with Gasteiger partial charge in [-0.3, -0.25) is 0 Å². The molecule has 1 aromatic heterocycles. The van der Waals surface area contributed by atoms with Crippen LogP contribution in [-0.2, 0) is 0 Å². The van der Waals surface area contributed by atoms with Gasteiger partial charge < -0.3 is 14.9 Å². The van der Waals surface area contributed by atoms with Crippen LogP contribution in [0.4, 0.5) is 0 Å². The Kier molecular flexibility index (Phi) is 4.37. The summed E-state index contributed by atoms with van der Waals surface area (Å²) in [6.45, 7) is 2.31. The van der Waals surface area contributed by atoms with Crippen molar-refractivity contribution in [2.75, 3.05) is 6.61 Å². The maximum Gasteiger partial charge on any atom is 0.347 e. The molecule has 1 aromatic carbocycles. The lowest BCUT2D eigenvalue weighted by Gasteiger charge is -2.05. The molecule has 0 aliphatic carbocycles. The lowest BCUT2D eigenvalue weighted by Crippen LogP contribution is -1.91. The first kappa shape index (κ1) is 14.1. The van der Waals surface area contributed by atoms with Crippen LogP contribution in [0.3, 0.4) is 0 Å². The zero-order valence-electron chi connectivity index (χ0n) is 10.7. The van der Waals surface area contributed by atoms with Crippen LogP contribution in [-0.4, -0.2) is 27.8 Å². The highest BCUT2D eigenvalue weighted by molar-refractivity contribution is 7.14. The highest BCUT2D eigenvalue weighted by atomic mass is 32.1. The molecule has 20 heavy (non-hydrogen) atoms. The van der Waals surface area contributed by atoms with Gasteiger partial charge in [0.15, 0.2) is 11.5 Å². The zero-order chi connectivity index (χ0) is 14.5. The molecule has 0 fully saturated rings. The van der Waals surface area contributed by atoms with Crippen LogP contribution >= 0.6 is 11.3 Å². The van der Waals surface area contributed by atoms with E-state index >= 15 is 0 Å². The molecular weight excluding hydrogens is 278 g/mol. The number of aromatic hydroxyl groups is 1. The summed E-state index contributed by atoms with van der Waals surface area (Å²) in [5.74, 6) is -0.475. The number of hydrogen-bond acceptors (Lipinski definition) is 5. The molecule has 2 aromatic rings. The third-order valence-corrected chi connectivity index (χ3v) is 3.39. The third-order valence-electron chi connectivity index (χ3n) is 2.44. The number of aromatic nitrogens is 1. The molecule has 0 aliphatic heterocycles. The number of carboxylic acid groups (broad SMARTS) is 1. The summed E-state index contributed by atoms with van der Waals surface area (Å²) < 4.78 is 5.29. The van der Waals surface area contributed by atoms with Gasteiger partial charge in [0.1, 0.15) is 9.88 Å². The number of benzene rings is 1. The van der Waals surface area contributed by atoms with Gasteiger partial charge in [-0.15, -0.1) is 11.3 Å². The molecule has 0 aliphatic rings. The topological polar surface area (TPSA) is 79.7 Å². The largest absolute Gasteiger partial charge is 0.504 e. The molecular formula is C14H13NO4S. The summed E-state index contributed by atoms with van der Waals surface area (Å²) in [7, 11) is 0. The van der Waals surface area contributed by atoms with Crippen LogP contribution in [0.2, 0.25) is 0 Å². The van der Waals surface area contributed by atoms with E-state index in [0.29, 0.717) is 17.4 Å². The number of nitrogens with zero attached hydrogens (tertiary/aromatic N) is 1. The minimum Gasteiger partial charge on any atom is -0.504 e. The average Bonchev–Trinajstić information content (AvgIpc) is 2.89. The Morgan fingerprint density at radius 2 is 2.25 bits per heavy atom. The van der Waals surface area contributed by atoms with E-state index in [1.165, 1.54) is 6.20 Å². The van der Waals surface area contributed by atoms with Crippen molar-refractivity contribution in [3.05, 3.63) is 39.8 Å². The highest BCUT2D eigenvalue weighted by Crippen LogP contribution is 2.27. The van der Waals surface area contributed by atoms with E-state index in [9.17, 15) is 9.90 Å². The second kappa shape index (κ2) is 6.21. The summed E-state index contributed by atoms with van der Waals surface area (Å²) in [5.41, 5.74) is 0.832. The Labute approximate surface area is 119 Å². The summed E-state index contributed by atoms with van der Waals surface area (Å²) in [6.07, 6.45) is 4.83. The lowest BCUT2D eigenvalue weighted by molar-refractivity contribution is 0.0702. The fraction of sp³-hybridized carbons (Fsp3) is 0.143. The summed E-state index contributed by atoms with van der Waals surface area (Å²) >= 11 is 1.10. The minimum absolute atomic E-state index is 0.0893. The van der Waals surface area contributed by atoms with Crippen LogP contribution in [0, 0.1) is 0 Å². The van der Waals surface area contributed by atoms with Crippen molar-refractivity contribution in [3.8, 4) is 11.5 Å². The summed E-state index contributed by atoms with van der Waals surface area (Å²) in [6, 6.07) is 5.00. The highest BCUT2D eigenvalue weighted by Gasteiger charge is 2.06. The molecule has 104 valence electrons. The number of thiazole rings is 1. The maximum atomic E-state index is 10.7. The van der Waals surface area contributed by atoms with Crippen molar-refractivity contribution in [1.82, 2.24) is 4.98 Å². The predicted octanol–water partition coefficient (Wildman–Crippen LogP) is 3.12. The molecule has 2 rings (SSSR count). The van der Waals surface area contributed by atoms with Gasteiger partial charge >= 0.3 is 5.97 Å². The Bertz CT molecular complexity index is 648. The number of phenolic OH excluding ortho intramolecular Hbond substituents is 1. The molecule has 1 heterocycles. The number of rotatable bonds is 5. The van der Waals surface area contributed by atoms with Crippen molar-refractivity contribution in [1.29, 1.82) is 0 Å². The number of ether oxygens (including phenoxy) is 1. The van der Waals surface area contributed by atoms with Crippen LogP contribution in [0.1, 0.15) is 27.2 Å². The smallest absolute Gasteiger partial charge is 0.347 e. The molecule has 0 bridgehead atoms. The van der Waals surface area contributed by atoms with E-state index in [1.807, 2.05) is 6.92 Å². The molecule has 2 N–H and O–H groups in total. The van der Waals surface area contributed by atoms with Gasteiger partial charge in [0.05, 0.1) is 12.8 Å². The van der Waals surface area contributed by atoms with Crippen molar-refractivity contribution in [2.45, 2.75) is 6.92 Å². The number of phenols is 1. The molecule has 0 unspecified atom stereocenters. The third kappa shape index (κ3) is 3.36. The van der Waals surface area contributed by atoms with Crippen molar-refractivity contribution in [2.24, 2.45) is 0 Å². The Balaban J connectivity index is 2.17. The van der Waals surface area contributed by atoms with Gasteiger partial charge in [0, 0.05) is 0 Å². The summed E-state index contributed by atoms with van der Waals surface area (Å²) in [4.78, 5) is 14.9. The molecule has 0 spiro atoms. The van der Waals surface area contributed by atoms with E-state index in [4.69, 9.17) is 9.84 Å². The molecule has 0 atom stereocenters. The van der Waals surface area contributed by atoms with Gasteiger partial charge in [0.25, 0.3) is 0 Å². The zero-order valence-corrected chi connectivity index (χ0v) is 11.6. The van der Waals surface area contributed by atoms with E-state index < -0.39 is 5.97 Å². The number of carbonyl (C=O) groups is 1.